The molecule has 1 aromatic carbocycles. The molecular formula is C14H13F3N2O5S. The molecule has 0 atom stereocenters. The molecule has 0 bridgehead atoms. The number of halogens is 3. The van der Waals surface area contributed by atoms with E-state index in [1.807, 2.05) is 0 Å². The number of hydrogen-bond acceptors (Lipinski definition) is 6. The lowest BCUT2D eigenvalue weighted by atomic mass is 10.2. The number of carbonyl (C=O) groups is 3. The Morgan fingerprint density at radius 3 is 2.32 bits per heavy atom. The zero-order valence-electron chi connectivity index (χ0n) is 12.5. The quantitative estimate of drug-likeness (QED) is 0.688. The normalized spacial score (nSPS) is 16.0. The number of carbonyl (C=O) groups excluding carboxylic acids is 2. The topological polar surface area (TPSA) is 121 Å². The molecule has 0 unspecified atom stereocenters. The molecule has 4 N–H and O–H groups in total. The number of amides is 2. The van der Waals surface area contributed by atoms with Crippen LogP contribution in [0.4, 0.5) is 18.0 Å². The molecule has 0 aromatic heterocycles. The van der Waals surface area contributed by atoms with E-state index in [0.717, 1.165) is 16.7 Å². The fourth-order valence-corrected chi connectivity index (χ4v) is 2.43. The van der Waals surface area contributed by atoms with Crippen LogP contribution in [0.2, 0.25) is 0 Å². The third-order valence-corrected chi connectivity index (χ3v) is 3.60. The molecule has 1 heterocycles. The minimum absolute atomic E-state index is 0.0723. The molecule has 2 rings (SSSR count). The first-order valence-electron chi connectivity index (χ1n) is 6.61. The second-order valence-electron chi connectivity index (χ2n) is 4.48. The lowest BCUT2D eigenvalue weighted by Gasteiger charge is -2.09. The minimum atomic E-state index is -5.08. The number of nitrogens with zero attached hydrogens (tertiary/aromatic N) is 1. The van der Waals surface area contributed by atoms with Gasteiger partial charge in [-0.2, -0.15) is 13.2 Å². The van der Waals surface area contributed by atoms with Gasteiger partial charge in [-0.3, -0.25) is 14.5 Å². The number of phenolic OH excluding ortho intramolecular Hbond substituents is 1. The van der Waals surface area contributed by atoms with Gasteiger partial charge < -0.3 is 15.9 Å². The number of hydrogen-bond donors (Lipinski definition) is 3. The van der Waals surface area contributed by atoms with Gasteiger partial charge in [0, 0.05) is 18.7 Å². The first-order chi connectivity index (χ1) is 11.6. The Bertz CT molecular complexity index is 706. The monoisotopic (exact) mass is 378 g/mol. The summed E-state index contributed by atoms with van der Waals surface area (Å²) in [6, 6.07) is 6.63. The number of thioether (sulfide) groups is 1. The van der Waals surface area contributed by atoms with Crippen molar-refractivity contribution in [3.63, 3.8) is 0 Å². The van der Waals surface area contributed by atoms with Crippen molar-refractivity contribution in [2.75, 3.05) is 13.1 Å². The van der Waals surface area contributed by atoms with Gasteiger partial charge in [-0.1, -0.05) is 18.2 Å². The van der Waals surface area contributed by atoms with E-state index >= 15 is 0 Å². The maximum Gasteiger partial charge on any atom is 0.490 e. The SMILES string of the molecule is NCCN1C(=O)S/C(=C\c2ccccc2O)C1=O.O=C(O)C(F)(F)F. The second kappa shape index (κ2) is 8.53. The van der Waals surface area contributed by atoms with Crippen LogP contribution in [0.25, 0.3) is 6.08 Å². The first-order valence-corrected chi connectivity index (χ1v) is 7.43. The zero-order chi connectivity index (χ0) is 19.2. The molecule has 2 amide bonds. The van der Waals surface area contributed by atoms with E-state index in [1.165, 1.54) is 12.1 Å². The van der Waals surface area contributed by atoms with Gasteiger partial charge >= 0.3 is 12.1 Å². The van der Waals surface area contributed by atoms with Crippen molar-refractivity contribution in [2.24, 2.45) is 5.73 Å². The number of rotatable bonds is 3. The number of imide groups is 1. The van der Waals surface area contributed by atoms with E-state index in [1.54, 1.807) is 18.2 Å². The Labute approximate surface area is 143 Å². The summed E-state index contributed by atoms with van der Waals surface area (Å²) in [7, 11) is 0. The first kappa shape index (κ1) is 20.5. The predicted octanol–water partition coefficient (Wildman–Crippen LogP) is 2.02. The van der Waals surface area contributed by atoms with Crippen molar-refractivity contribution in [3.05, 3.63) is 34.7 Å². The van der Waals surface area contributed by atoms with Gasteiger partial charge in [0.25, 0.3) is 11.1 Å². The Morgan fingerprint density at radius 1 is 1.28 bits per heavy atom. The maximum absolute atomic E-state index is 11.9. The molecule has 0 aliphatic carbocycles. The van der Waals surface area contributed by atoms with Crippen LogP contribution in [0.3, 0.4) is 0 Å². The lowest BCUT2D eigenvalue weighted by Crippen LogP contribution is -2.33. The van der Waals surface area contributed by atoms with E-state index in [9.17, 15) is 27.9 Å². The van der Waals surface area contributed by atoms with Crippen LogP contribution < -0.4 is 5.73 Å². The Hall–Kier alpha value is -2.53. The summed E-state index contributed by atoms with van der Waals surface area (Å²) in [5.41, 5.74) is 5.85. The molecule has 0 saturated carbocycles. The molecular weight excluding hydrogens is 365 g/mol. The molecule has 0 radical (unpaired) electrons. The van der Waals surface area contributed by atoms with E-state index < -0.39 is 12.1 Å². The number of aliphatic carboxylic acids is 1. The summed E-state index contributed by atoms with van der Waals surface area (Å²) in [6.07, 6.45) is -3.57. The summed E-state index contributed by atoms with van der Waals surface area (Å²) < 4.78 is 31.7. The average Bonchev–Trinajstić information content (AvgIpc) is 2.77. The number of carboxylic acid groups (broad SMARTS) is 1. The number of phenols is 1. The molecule has 1 aliphatic heterocycles. The fourth-order valence-electron chi connectivity index (χ4n) is 1.57. The van der Waals surface area contributed by atoms with Gasteiger partial charge in [0.1, 0.15) is 5.75 Å². The highest BCUT2D eigenvalue weighted by Crippen LogP contribution is 2.33. The van der Waals surface area contributed by atoms with Crippen molar-refractivity contribution in [1.82, 2.24) is 4.90 Å². The van der Waals surface area contributed by atoms with E-state index in [2.05, 4.69) is 0 Å². The van der Waals surface area contributed by atoms with Crippen molar-refractivity contribution in [1.29, 1.82) is 0 Å². The van der Waals surface area contributed by atoms with Gasteiger partial charge in [0.05, 0.1) is 4.91 Å². The molecule has 1 fully saturated rings. The smallest absolute Gasteiger partial charge is 0.490 e. The van der Waals surface area contributed by atoms with Crippen LogP contribution in [0.1, 0.15) is 5.56 Å². The summed E-state index contributed by atoms with van der Waals surface area (Å²) in [4.78, 5) is 33.8. The molecule has 1 aromatic rings. The van der Waals surface area contributed by atoms with Crippen LogP contribution >= 0.6 is 11.8 Å². The van der Waals surface area contributed by atoms with E-state index in [-0.39, 0.29) is 30.0 Å². The van der Waals surface area contributed by atoms with Gasteiger partial charge in [-0.05, 0) is 23.9 Å². The van der Waals surface area contributed by atoms with Gasteiger partial charge in [0.2, 0.25) is 0 Å². The number of benzene rings is 1. The van der Waals surface area contributed by atoms with Gasteiger partial charge in [-0.25, -0.2) is 4.79 Å². The lowest BCUT2D eigenvalue weighted by molar-refractivity contribution is -0.192. The van der Waals surface area contributed by atoms with E-state index in [4.69, 9.17) is 15.6 Å². The summed E-state index contributed by atoms with van der Waals surface area (Å²) in [6.45, 7) is 0.449. The molecule has 25 heavy (non-hydrogen) atoms. The van der Waals surface area contributed by atoms with Crippen molar-refractivity contribution in [3.8, 4) is 5.75 Å². The van der Waals surface area contributed by atoms with Gasteiger partial charge in [-0.15, -0.1) is 0 Å². The molecule has 1 saturated heterocycles. The molecule has 11 heteroatoms. The van der Waals surface area contributed by atoms with Crippen LogP contribution in [0.5, 0.6) is 5.75 Å². The standard InChI is InChI=1S/C12H12N2O3S.C2HF3O2/c13-5-6-14-11(16)10(18-12(14)17)7-8-3-1-2-4-9(8)15;3-2(4,5)1(6)7/h1-4,7,15H,5-6,13H2;(H,6,7)/b10-7-;. The predicted molar refractivity (Wildman–Crippen MR) is 83.5 cm³/mol. The van der Waals surface area contributed by atoms with Crippen molar-refractivity contribution >= 4 is 35.0 Å². The van der Waals surface area contributed by atoms with Crippen LogP contribution in [0, 0.1) is 0 Å². The summed E-state index contributed by atoms with van der Waals surface area (Å²) in [5, 5.41) is 16.4. The molecule has 0 spiro atoms. The third-order valence-electron chi connectivity index (χ3n) is 2.69. The highest BCUT2D eigenvalue weighted by atomic mass is 32.2. The van der Waals surface area contributed by atoms with Gasteiger partial charge in [0.15, 0.2) is 0 Å². The van der Waals surface area contributed by atoms with E-state index in [0.29, 0.717) is 10.5 Å². The highest BCUT2D eigenvalue weighted by molar-refractivity contribution is 8.18. The third kappa shape index (κ3) is 5.80. The summed E-state index contributed by atoms with van der Waals surface area (Å²) >= 11 is 0.857. The Balaban J connectivity index is 0.000000381. The largest absolute Gasteiger partial charge is 0.507 e. The fraction of sp³-hybridized carbons (Fsp3) is 0.214. The highest BCUT2D eigenvalue weighted by Gasteiger charge is 2.38. The number of aromatic hydroxyl groups is 1. The number of nitrogens with two attached hydrogens (primary N) is 1. The zero-order valence-corrected chi connectivity index (χ0v) is 13.3. The number of carboxylic acids is 1. The Kier molecular flexibility index (Phi) is 7.00. The molecule has 7 nitrogen and oxygen atoms in total. The summed E-state index contributed by atoms with van der Waals surface area (Å²) in [5.74, 6) is -3.05. The maximum atomic E-state index is 11.9. The number of alkyl halides is 3. The van der Waals surface area contributed by atoms with Crippen molar-refractivity contribution < 1.29 is 37.8 Å². The minimum Gasteiger partial charge on any atom is -0.507 e. The van der Waals surface area contributed by atoms with Crippen LogP contribution in [-0.4, -0.2) is 51.5 Å². The second-order valence-corrected chi connectivity index (χ2v) is 5.48. The number of para-hydroxylation sites is 1. The van der Waals surface area contributed by atoms with Crippen molar-refractivity contribution in [2.45, 2.75) is 6.18 Å². The van der Waals surface area contributed by atoms with Crippen LogP contribution in [-0.2, 0) is 9.59 Å². The average molecular weight is 378 g/mol. The van der Waals surface area contributed by atoms with Crippen LogP contribution in [0.15, 0.2) is 29.2 Å². The molecule has 136 valence electrons. The molecule has 1 aliphatic rings. The Morgan fingerprint density at radius 2 is 1.84 bits per heavy atom.